The summed E-state index contributed by atoms with van der Waals surface area (Å²) in [6, 6.07) is 4.85. The number of rotatable bonds is 5. The van der Waals surface area contributed by atoms with Crippen molar-refractivity contribution >= 4 is 5.91 Å². The van der Waals surface area contributed by atoms with E-state index in [4.69, 9.17) is 0 Å². The minimum Gasteiger partial charge on any atom is -0.349 e. The van der Waals surface area contributed by atoms with Crippen LogP contribution in [0, 0.1) is 22.5 Å². The molecular weight excluding hydrogens is 328 g/mol. The molecule has 2 aromatic rings. The van der Waals surface area contributed by atoms with Crippen molar-refractivity contribution in [2.75, 3.05) is 6.54 Å². The lowest BCUT2D eigenvalue weighted by molar-refractivity contribution is 0.0931. The molecule has 7 heteroatoms. The summed E-state index contributed by atoms with van der Waals surface area (Å²) >= 11 is 0. The third-order valence-corrected chi connectivity index (χ3v) is 5.55. The monoisotopic (exact) mass is 345 g/mol. The van der Waals surface area contributed by atoms with Crippen molar-refractivity contribution in [3.8, 4) is 0 Å². The molecule has 4 rings (SSSR count). The van der Waals surface area contributed by atoms with Crippen molar-refractivity contribution in [1.82, 2.24) is 15.3 Å². The number of halogens is 2. The van der Waals surface area contributed by atoms with Crippen LogP contribution in [-0.2, 0) is 6.42 Å². The van der Waals surface area contributed by atoms with E-state index in [9.17, 15) is 18.4 Å². The van der Waals surface area contributed by atoms with Gasteiger partial charge in [-0.15, -0.1) is 0 Å². The van der Waals surface area contributed by atoms with E-state index >= 15 is 0 Å². The molecule has 1 heterocycles. The summed E-state index contributed by atoms with van der Waals surface area (Å²) in [6.07, 6.45) is 4.77. The predicted molar refractivity (Wildman–Crippen MR) is 86.0 cm³/mol. The molecule has 2 aliphatic carbocycles. The standard InChI is InChI=1S/C18H17F2N3O2/c19-12-2-1-11(13(20)7-12)8-18(9-17(18)4-5-17)10-22-16(25)15-21-6-3-14(24)23-15/h1-3,6-7H,4-5,8-10H2,(H,22,25)(H,21,23,24)/t18-/m1/s1. The Morgan fingerprint density at radius 2 is 2.08 bits per heavy atom. The summed E-state index contributed by atoms with van der Waals surface area (Å²) in [5, 5.41) is 2.81. The van der Waals surface area contributed by atoms with Crippen LogP contribution < -0.4 is 10.9 Å². The molecule has 1 aromatic heterocycles. The minimum atomic E-state index is -0.598. The molecule has 1 atom stereocenters. The largest absolute Gasteiger partial charge is 0.349 e. The lowest BCUT2D eigenvalue weighted by atomic mass is 9.92. The number of aromatic amines is 1. The van der Waals surface area contributed by atoms with Crippen LogP contribution in [0.25, 0.3) is 0 Å². The number of nitrogens with one attached hydrogen (secondary N) is 2. The van der Waals surface area contributed by atoms with Crippen molar-refractivity contribution in [3.05, 3.63) is 63.8 Å². The smallest absolute Gasteiger partial charge is 0.287 e. The lowest BCUT2D eigenvalue weighted by Crippen LogP contribution is -2.34. The van der Waals surface area contributed by atoms with E-state index < -0.39 is 23.1 Å². The van der Waals surface area contributed by atoms with Crippen LogP contribution in [0.3, 0.4) is 0 Å². The van der Waals surface area contributed by atoms with Gasteiger partial charge in [0.05, 0.1) is 0 Å². The zero-order valence-electron chi connectivity index (χ0n) is 13.4. The average molecular weight is 345 g/mol. The van der Waals surface area contributed by atoms with Gasteiger partial charge in [0, 0.05) is 24.9 Å². The second-order valence-electron chi connectivity index (χ2n) is 7.12. The van der Waals surface area contributed by atoms with Crippen LogP contribution in [0.1, 0.15) is 35.4 Å². The van der Waals surface area contributed by atoms with Crippen molar-refractivity contribution in [1.29, 1.82) is 0 Å². The van der Waals surface area contributed by atoms with E-state index in [2.05, 4.69) is 15.3 Å². The van der Waals surface area contributed by atoms with Gasteiger partial charge in [-0.25, -0.2) is 13.8 Å². The fourth-order valence-corrected chi connectivity index (χ4v) is 3.87. The first kappa shape index (κ1) is 15.9. The fourth-order valence-electron chi connectivity index (χ4n) is 3.87. The van der Waals surface area contributed by atoms with Crippen LogP contribution in [0.2, 0.25) is 0 Å². The topological polar surface area (TPSA) is 74.8 Å². The average Bonchev–Trinajstić information content (AvgIpc) is 3.47. The second-order valence-corrected chi connectivity index (χ2v) is 7.12. The van der Waals surface area contributed by atoms with E-state index in [0.29, 0.717) is 18.5 Å². The summed E-state index contributed by atoms with van der Waals surface area (Å²) < 4.78 is 27.1. The van der Waals surface area contributed by atoms with Gasteiger partial charge in [0.25, 0.3) is 11.5 Å². The van der Waals surface area contributed by atoms with Crippen LogP contribution in [0.4, 0.5) is 8.78 Å². The summed E-state index contributed by atoms with van der Waals surface area (Å²) in [5.41, 5.74) is 0.0219. The molecule has 0 radical (unpaired) electrons. The summed E-state index contributed by atoms with van der Waals surface area (Å²) in [7, 11) is 0. The van der Waals surface area contributed by atoms with Gasteiger partial charge >= 0.3 is 0 Å². The Morgan fingerprint density at radius 1 is 1.28 bits per heavy atom. The molecule has 2 saturated carbocycles. The van der Waals surface area contributed by atoms with E-state index in [1.807, 2.05) is 0 Å². The molecule has 0 aliphatic heterocycles. The highest BCUT2D eigenvalue weighted by molar-refractivity contribution is 5.90. The van der Waals surface area contributed by atoms with Crippen LogP contribution in [0.5, 0.6) is 0 Å². The maximum absolute atomic E-state index is 14.0. The second kappa shape index (κ2) is 5.47. The number of carbonyl (C=O) groups is 1. The first-order chi connectivity index (χ1) is 11.9. The lowest BCUT2D eigenvalue weighted by Gasteiger charge is -2.18. The zero-order chi connectivity index (χ0) is 17.7. The highest BCUT2D eigenvalue weighted by Crippen LogP contribution is 2.79. The third-order valence-electron chi connectivity index (χ3n) is 5.55. The fraction of sp³-hybridized carbons (Fsp3) is 0.389. The number of H-pyrrole nitrogens is 1. The number of aromatic nitrogens is 2. The van der Waals surface area contributed by atoms with Gasteiger partial charge < -0.3 is 10.3 Å². The van der Waals surface area contributed by atoms with E-state index in [1.165, 1.54) is 24.4 Å². The molecular formula is C18H17F2N3O2. The Labute approximate surface area is 142 Å². The van der Waals surface area contributed by atoms with Crippen LogP contribution >= 0.6 is 0 Å². The number of carbonyl (C=O) groups excluding carboxylic acids is 1. The zero-order valence-corrected chi connectivity index (χ0v) is 13.4. The van der Waals surface area contributed by atoms with Crippen molar-refractivity contribution in [3.63, 3.8) is 0 Å². The number of hydrogen-bond donors (Lipinski definition) is 2. The molecule has 0 unspecified atom stereocenters. The molecule has 2 aliphatic rings. The number of amides is 1. The maximum Gasteiger partial charge on any atom is 0.287 e. The highest BCUT2D eigenvalue weighted by Gasteiger charge is 2.73. The van der Waals surface area contributed by atoms with Crippen molar-refractivity contribution in [2.45, 2.75) is 25.7 Å². The Bertz CT molecular complexity index is 907. The van der Waals surface area contributed by atoms with Gasteiger partial charge in [0.1, 0.15) is 11.6 Å². The first-order valence-electron chi connectivity index (χ1n) is 8.21. The molecule has 1 aromatic carbocycles. The van der Waals surface area contributed by atoms with Gasteiger partial charge in [-0.1, -0.05) is 6.07 Å². The summed E-state index contributed by atoms with van der Waals surface area (Å²) in [6.45, 7) is 0.376. The van der Waals surface area contributed by atoms with Gasteiger partial charge in [0.15, 0.2) is 5.82 Å². The van der Waals surface area contributed by atoms with E-state index in [0.717, 1.165) is 25.3 Å². The quantitative estimate of drug-likeness (QED) is 0.872. The Kier molecular flexibility index (Phi) is 3.49. The summed E-state index contributed by atoms with van der Waals surface area (Å²) in [4.78, 5) is 29.7. The maximum atomic E-state index is 14.0. The Hall–Kier alpha value is -2.57. The number of hydrogen-bond acceptors (Lipinski definition) is 3. The first-order valence-corrected chi connectivity index (χ1v) is 8.21. The molecule has 25 heavy (non-hydrogen) atoms. The van der Waals surface area contributed by atoms with Gasteiger partial charge in [0.2, 0.25) is 0 Å². The molecule has 0 bridgehead atoms. The molecule has 0 saturated heterocycles. The Morgan fingerprint density at radius 3 is 2.72 bits per heavy atom. The van der Waals surface area contributed by atoms with E-state index in [-0.39, 0.29) is 16.7 Å². The SMILES string of the molecule is O=C(NC[C@@]1(Cc2ccc(F)cc2F)CC12CC2)c1nccc(=O)[nH]1. The molecule has 1 spiro atoms. The normalized spacial score (nSPS) is 22.6. The molecule has 1 amide bonds. The van der Waals surface area contributed by atoms with Gasteiger partial charge in [-0.3, -0.25) is 9.59 Å². The highest BCUT2D eigenvalue weighted by atomic mass is 19.1. The van der Waals surface area contributed by atoms with Crippen molar-refractivity contribution < 1.29 is 13.6 Å². The van der Waals surface area contributed by atoms with Crippen LogP contribution in [0.15, 0.2) is 35.3 Å². The molecule has 5 nitrogen and oxygen atoms in total. The molecule has 2 fully saturated rings. The van der Waals surface area contributed by atoms with E-state index in [1.54, 1.807) is 0 Å². The van der Waals surface area contributed by atoms with Crippen molar-refractivity contribution in [2.24, 2.45) is 10.8 Å². The molecule has 2 N–H and O–H groups in total. The third kappa shape index (κ3) is 2.83. The number of benzene rings is 1. The predicted octanol–water partition coefficient (Wildman–Crippen LogP) is 2.19. The Balaban J connectivity index is 1.49. The minimum absolute atomic E-state index is 0.0406. The summed E-state index contributed by atoms with van der Waals surface area (Å²) in [5.74, 6) is -1.65. The van der Waals surface area contributed by atoms with Gasteiger partial charge in [-0.2, -0.15) is 0 Å². The molecule has 130 valence electrons. The van der Waals surface area contributed by atoms with Crippen LogP contribution in [-0.4, -0.2) is 22.4 Å². The number of nitrogens with zero attached hydrogens (tertiary/aromatic N) is 1. The van der Waals surface area contributed by atoms with Gasteiger partial charge in [-0.05, 0) is 48.1 Å².